The van der Waals surface area contributed by atoms with Crippen molar-refractivity contribution in [1.29, 1.82) is 0 Å². The number of hydrogen-bond donors (Lipinski definition) is 1. The largest absolute Gasteiger partial charge is 0.497 e. The van der Waals surface area contributed by atoms with E-state index in [1.165, 1.54) is 10.5 Å². The molecular weight excluding hydrogens is 465 g/mol. The van der Waals surface area contributed by atoms with Crippen LogP contribution in [0.5, 0.6) is 5.75 Å². The van der Waals surface area contributed by atoms with Crippen LogP contribution < -0.4 is 10.1 Å². The summed E-state index contributed by atoms with van der Waals surface area (Å²) >= 11 is 0. The molecule has 36 heavy (non-hydrogen) atoms. The molecule has 1 aliphatic carbocycles. The van der Waals surface area contributed by atoms with Crippen LogP contribution in [-0.4, -0.2) is 37.2 Å². The molecule has 1 aliphatic heterocycles. The fraction of sp³-hybridized carbons (Fsp3) is 0.345. The van der Waals surface area contributed by atoms with E-state index in [9.17, 15) is 18.0 Å². The van der Waals surface area contributed by atoms with Crippen LogP contribution in [0.2, 0.25) is 0 Å². The third-order valence-corrected chi connectivity index (χ3v) is 7.18. The summed E-state index contributed by atoms with van der Waals surface area (Å²) in [6.45, 7) is -0.103. The average molecular weight is 495 g/mol. The van der Waals surface area contributed by atoms with Gasteiger partial charge in [-0.3, -0.25) is 9.69 Å². The number of nitrogens with one attached hydrogen (secondary N) is 1. The molecule has 3 aromatic rings. The zero-order valence-electron chi connectivity index (χ0n) is 20.1. The molecule has 5 rings (SSSR count). The molecule has 188 valence electrons. The van der Waals surface area contributed by atoms with Crippen LogP contribution in [0.15, 0.2) is 66.7 Å². The molecule has 0 radical (unpaired) electrons. The van der Waals surface area contributed by atoms with Gasteiger partial charge in [-0.25, -0.2) is 0 Å². The van der Waals surface area contributed by atoms with E-state index in [-0.39, 0.29) is 24.3 Å². The van der Waals surface area contributed by atoms with Gasteiger partial charge in [-0.2, -0.15) is 13.2 Å². The lowest BCUT2D eigenvalue weighted by Crippen LogP contribution is -2.39. The van der Waals surface area contributed by atoms with Crippen molar-refractivity contribution in [3.8, 4) is 16.9 Å². The molecule has 1 saturated carbocycles. The van der Waals surface area contributed by atoms with Crippen LogP contribution in [0.3, 0.4) is 0 Å². The Morgan fingerprint density at radius 2 is 1.86 bits per heavy atom. The Kier molecular flexibility index (Phi) is 6.75. The number of ether oxygens (including phenoxy) is 1. The maximum Gasteiger partial charge on any atom is 0.401 e. The predicted molar refractivity (Wildman–Crippen MR) is 133 cm³/mol. The van der Waals surface area contributed by atoms with E-state index in [0.29, 0.717) is 19.5 Å². The molecule has 2 unspecified atom stereocenters. The summed E-state index contributed by atoms with van der Waals surface area (Å²) in [5.41, 5.74) is 5.92. The van der Waals surface area contributed by atoms with Crippen molar-refractivity contribution in [1.82, 2.24) is 10.2 Å². The van der Waals surface area contributed by atoms with Crippen LogP contribution in [0, 0.1) is 5.92 Å². The first-order chi connectivity index (χ1) is 17.3. The molecule has 0 saturated heterocycles. The minimum absolute atomic E-state index is 0.00238. The van der Waals surface area contributed by atoms with Gasteiger partial charge in [0.25, 0.3) is 0 Å². The molecule has 1 amide bonds. The Bertz CT molecular complexity index is 1240. The smallest absolute Gasteiger partial charge is 0.401 e. The Labute approximate surface area is 209 Å². The van der Waals surface area contributed by atoms with E-state index in [2.05, 4.69) is 5.32 Å². The summed E-state index contributed by atoms with van der Waals surface area (Å²) in [6.07, 6.45) is -2.92. The number of rotatable bonds is 7. The molecule has 1 fully saturated rings. The lowest BCUT2D eigenvalue weighted by atomic mass is 9.87. The van der Waals surface area contributed by atoms with Gasteiger partial charge in [0.2, 0.25) is 5.91 Å². The third kappa shape index (κ3) is 5.41. The number of carbonyl (C=O) groups is 1. The van der Waals surface area contributed by atoms with Crippen molar-refractivity contribution in [2.45, 2.75) is 38.0 Å². The molecule has 3 aromatic carbocycles. The van der Waals surface area contributed by atoms with E-state index in [1.807, 2.05) is 66.7 Å². The number of nitrogens with zero attached hydrogens (tertiary/aromatic N) is 1. The summed E-state index contributed by atoms with van der Waals surface area (Å²) in [7, 11) is 1.61. The van der Waals surface area contributed by atoms with E-state index in [0.717, 1.165) is 40.0 Å². The maximum atomic E-state index is 13.2. The second kappa shape index (κ2) is 9.97. The minimum atomic E-state index is -4.26. The summed E-state index contributed by atoms with van der Waals surface area (Å²) in [6, 6.07) is 21.7. The fourth-order valence-corrected chi connectivity index (χ4v) is 5.28. The number of methoxy groups -OCH3 is 1. The predicted octanol–water partition coefficient (Wildman–Crippen LogP) is 5.70. The van der Waals surface area contributed by atoms with Gasteiger partial charge in [0, 0.05) is 25.6 Å². The molecule has 1 N–H and O–H groups in total. The second-order valence-corrected chi connectivity index (χ2v) is 9.61. The van der Waals surface area contributed by atoms with Gasteiger partial charge in [0.1, 0.15) is 5.75 Å². The molecule has 1 heterocycles. The van der Waals surface area contributed by atoms with Crippen LogP contribution in [0.4, 0.5) is 13.2 Å². The maximum absolute atomic E-state index is 13.2. The third-order valence-electron chi connectivity index (χ3n) is 7.18. The normalized spacial score (nSPS) is 19.4. The SMILES string of the molecule is COc1cccc(-c2ccc(CNC(=O)C3CC3c3ccccc3)c3c2CCN(CC(F)(F)F)C3)c1. The van der Waals surface area contributed by atoms with Crippen molar-refractivity contribution in [2.24, 2.45) is 5.92 Å². The molecule has 2 aliphatic rings. The van der Waals surface area contributed by atoms with Crippen LogP contribution >= 0.6 is 0 Å². The van der Waals surface area contributed by atoms with Gasteiger partial charge in [-0.1, -0.05) is 54.6 Å². The summed E-state index contributed by atoms with van der Waals surface area (Å²) in [5.74, 6) is 0.903. The lowest BCUT2D eigenvalue weighted by molar-refractivity contribution is -0.147. The number of alkyl halides is 3. The molecule has 0 spiro atoms. The quantitative estimate of drug-likeness (QED) is 0.458. The molecule has 0 aromatic heterocycles. The number of carbonyl (C=O) groups excluding carboxylic acids is 1. The first-order valence-electron chi connectivity index (χ1n) is 12.2. The molecule has 2 atom stereocenters. The molecular formula is C29H29F3N2O2. The number of amides is 1. The lowest BCUT2D eigenvalue weighted by Gasteiger charge is -2.32. The number of hydrogen-bond acceptors (Lipinski definition) is 3. The zero-order valence-corrected chi connectivity index (χ0v) is 20.1. The van der Waals surface area contributed by atoms with Gasteiger partial charge in [0.15, 0.2) is 0 Å². The van der Waals surface area contributed by atoms with Gasteiger partial charge in [-0.15, -0.1) is 0 Å². The number of benzene rings is 3. The first kappa shape index (κ1) is 24.4. The highest BCUT2D eigenvalue weighted by atomic mass is 19.4. The van der Waals surface area contributed by atoms with Crippen LogP contribution in [0.25, 0.3) is 11.1 Å². The van der Waals surface area contributed by atoms with Crippen molar-refractivity contribution < 1.29 is 22.7 Å². The molecule has 4 nitrogen and oxygen atoms in total. The van der Waals surface area contributed by atoms with Gasteiger partial charge < -0.3 is 10.1 Å². The van der Waals surface area contributed by atoms with E-state index < -0.39 is 12.7 Å². The standard InChI is InChI=1S/C29H29F3N2O2/c1-36-22-9-5-8-20(14-22)23-11-10-21(27-17-34(13-12-24(23)27)18-29(30,31)32)16-33-28(35)26-15-25(26)19-6-3-2-4-7-19/h2-11,14,25-26H,12-13,15-18H2,1H3,(H,33,35). The minimum Gasteiger partial charge on any atom is -0.497 e. The van der Waals surface area contributed by atoms with Gasteiger partial charge in [0.05, 0.1) is 13.7 Å². The molecule has 0 bridgehead atoms. The van der Waals surface area contributed by atoms with Crippen molar-refractivity contribution in [3.05, 3.63) is 89.0 Å². The summed E-state index contributed by atoms with van der Waals surface area (Å²) < 4.78 is 44.8. The van der Waals surface area contributed by atoms with E-state index >= 15 is 0 Å². The molecule has 7 heteroatoms. The number of halogens is 3. The highest BCUT2D eigenvalue weighted by Gasteiger charge is 2.43. The first-order valence-corrected chi connectivity index (χ1v) is 12.2. The topological polar surface area (TPSA) is 41.6 Å². The Morgan fingerprint density at radius 1 is 1.06 bits per heavy atom. The summed E-state index contributed by atoms with van der Waals surface area (Å²) in [5, 5.41) is 3.05. The van der Waals surface area contributed by atoms with Crippen molar-refractivity contribution in [2.75, 3.05) is 20.2 Å². The fourth-order valence-electron chi connectivity index (χ4n) is 5.28. The Morgan fingerprint density at radius 3 is 2.61 bits per heavy atom. The van der Waals surface area contributed by atoms with Gasteiger partial charge in [-0.05, 0) is 64.3 Å². The Balaban J connectivity index is 1.38. The zero-order chi connectivity index (χ0) is 25.3. The van der Waals surface area contributed by atoms with Crippen molar-refractivity contribution >= 4 is 5.91 Å². The van der Waals surface area contributed by atoms with Gasteiger partial charge >= 0.3 is 6.18 Å². The van der Waals surface area contributed by atoms with E-state index in [4.69, 9.17) is 4.74 Å². The summed E-state index contributed by atoms with van der Waals surface area (Å²) in [4.78, 5) is 14.3. The highest BCUT2D eigenvalue weighted by Crippen LogP contribution is 2.47. The Hall–Kier alpha value is -3.32. The van der Waals surface area contributed by atoms with Crippen LogP contribution in [0.1, 0.15) is 34.6 Å². The monoisotopic (exact) mass is 494 g/mol. The highest BCUT2D eigenvalue weighted by molar-refractivity contribution is 5.83. The van der Waals surface area contributed by atoms with Crippen molar-refractivity contribution in [3.63, 3.8) is 0 Å². The second-order valence-electron chi connectivity index (χ2n) is 9.61. The van der Waals surface area contributed by atoms with Crippen LogP contribution in [-0.2, 0) is 24.3 Å². The van der Waals surface area contributed by atoms with E-state index in [1.54, 1.807) is 7.11 Å². The number of fused-ring (bicyclic) bond motifs is 1. The average Bonchev–Trinajstić information content (AvgIpc) is 3.68.